The summed E-state index contributed by atoms with van der Waals surface area (Å²) < 4.78 is 33.3. The van der Waals surface area contributed by atoms with E-state index in [2.05, 4.69) is 10.0 Å². The van der Waals surface area contributed by atoms with Crippen LogP contribution >= 0.6 is 11.6 Å². The quantitative estimate of drug-likeness (QED) is 0.515. The maximum absolute atomic E-state index is 12.5. The molecule has 3 rings (SSSR count). The lowest BCUT2D eigenvalue weighted by molar-refractivity contribution is -0.122. The number of anilines is 2. The highest BCUT2D eigenvalue weighted by Gasteiger charge is 2.19. The normalized spacial score (nSPS) is 12.1. The fourth-order valence-corrected chi connectivity index (χ4v) is 3.93. The van der Waals surface area contributed by atoms with Crippen LogP contribution in [0.5, 0.6) is 5.75 Å². The summed E-state index contributed by atoms with van der Waals surface area (Å²) in [7, 11) is -3.78. The zero-order valence-corrected chi connectivity index (χ0v) is 17.8. The van der Waals surface area contributed by atoms with Crippen LogP contribution in [0, 0.1) is 0 Å². The maximum atomic E-state index is 12.5. The number of sulfonamides is 1. The van der Waals surface area contributed by atoms with Crippen molar-refractivity contribution in [3.63, 3.8) is 0 Å². The van der Waals surface area contributed by atoms with E-state index in [4.69, 9.17) is 16.3 Å². The van der Waals surface area contributed by atoms with Gasteiger partial charge in [0, 0.05) is 10.7 Å². The predicted octanol–water partition coefficient (Wildman–Crippen LogP) is 4.94. The lowest BCUT2D eigenvalue weighted by atomic mass is 10.2. The Morgan fingerprint density at radius 2 is 1.67 bits per heavy atom. The fraction of sp³-hybridized carbons (Fsp3) is 0.136. The van der Waals surface area contributed by atoms with Crippen LogP contribution in [-0.2, 0) is 14.8 Å². The van der Waals surface area contributed by atoms with Gasteiger partial charge in [0.25, 0.3) is 15.9 Å². The second-order valence-electron chi connectivity index (χ2n) is 6.46. The number of hydrogen-bond acceptors (Lipinski definition) is 4. The molecular weight excluding hydrogens is 424 g/mol. The first-order chi connectivity index (χ1) is 14.4. The largest absolute Gasteiger partial charge is 0.481 e. The molecule has 0 unspecified atom stereocenters. The molecule has 0 bridgehead atoms. The Hall–Kier alpha value is -3.03. The third-order valence-corrected chi connectivity index (χ3v) is 5.83. The van der Waals surface area contributed by atoms with Crippen LogP contribution in [0.15, 0.2) is 83.8 Å². The van der Waals surface area contributed by atoms with Gasteiger partial charge in [-0.1, -0.05) is 42.8 Å². The van der Waals surface area contributed by atoms with Crippen LogP contribution < -0.4 is 14.8 Å². The smallest absolute Gasteiger partial charge is 0.265 e. The van der Waals surface area contributed by atoms with E-state index >= 15 is 0 Å². The number of carbonyl (C=O) groups is 1. The monoisotopic (exact) mass is 444 g/mol. The van der Waals surface area contributed by atoms with Gasteiger partial charge < -0.3 is 10.1 Å². The minimum Gasteiger partial charge on any atom is -0.481 e. The lowest BCUT2D eigenvalue weighted by Gasteiger charge is -2.17. The molecular formula is C22H21ClN2O4S. The molecule has 8 heteroatoms. The molecule has 156 valence electrons. The van der Waals surface area contributed by atoms with Gasteiger partial charge in [-0.05, 0) is 61.0 Å². The molecule has 0 aliphatic rings. The first-order valence-electron chi connectivity index (χ1n) is 9.28. The Labute approximate surface area is 180 Å². The molecule has 0 heterocycles. The molecule has 0 saturated carbocycles. The van der Waals surface area contributed by atoms with Crippen molar-refractivity contribution in [2.45, 2.75) is 24.3 Å². The van der Waals surface area contributed by atoms with Crippen LogP contribution in [0.1, 0.15) is 13.3 Å². The molecule has 0 radical (unpaired) electrons. The van der Waals surface area contributed by atoms with E-state index in [1.54, 1.807) is 30.3 Å². The summed E-state index contributed by atoms with van der Waals surface area (Å²) in [5.41, 5.74) is 0.834. The number of carbonyl (C=O) groups excluding carboxylic acids is 1. The number of halogens is 1. The van der Waals surface area contributed by atoms with Crippen molar-refractivity contribution in [1.29, 1.82) is 0 Å². The summed E-state index contributed by atoms with van der Waals surface area (Å²) in [6.07, 6.45) is -0.184. The minimum absolute atomic E-state index is 0.0630. The highest BCUT2D eigenvalue weighted by Crippen LogP contribution is 2.21. The van der Waals surface area contributed by atoms with E-state index in [1.807, 2.05) is 25.1 Å². The average molecular weight is 445 g/mol. The van der Waals surface area contributed by atoms with Crippen LogP contribution in [0.4, 0.5) is 11.4 Å². The second-order valence-corrected chi connectivity index (χ2v) is 8.58. The molecule has 0 fully saturated rings. The summed E-state index contributed by atoms with van der Waals surface area (Å²) in [4.78, 5) is 12.6. The van der Waals surface area contributed by atoms with E-state index in [0.29, 0.717) is 28.6 Å². The van der Waals surface area contributed by atoms with Crippen molar-refractivity contribution in [2.24, 2.45) is 0 Å². The number of rotatable bonds is 8. The maximum Gasteiger partial charge on any atom is 0.265 e. The van der Waals surface area contributed by atoms with Crippen LogP contribution in [-0.4, -0.2) is 20.4 Å². The van der Waals surface area contributed by atoms with Gasteiger partial charge in [0.05, 0.1) is 10.6 Å². The highest BCUT2D eigenvalue weighted by atomic mass is 35.5. The first kappa shape index (κ1) is 21.7. The third kappa shape index (κ3) is 5.75. The van der Waals surface area contributed by atoms with Gasteiger partial charge in [0.2, 0.25) is 0 Å². The van der Waals surface area contributed by atoms with Gasteiger partial charge >= 0.3 is 0 Å². The summed E-state index contributed by atoms with van der Waals surface area (Å²) >= 11 is 5.89. The lowest BCUT2D eigenvalue weighted by Crippen LogP contribution is -2.32. The molecule has 0 spiro atoms. The van der Waals surface area contributed by atoms with Gasteiger partial charge in [0.1, 0.15) is 5.75 Å². The summed E-state index contributed by atoms with van der Waals surface area (Å²) in [6.45, 7) is 1.85. The summed E-state index contributed by atoms with van der Waals surface area (Å²) in [6, 6.07) is 21.4. The molecule has 1 atom stereocenters. The van der Waals surface area contributed by atoms with E-state index in [9.17, 15) is 13.2 Å². The van der Waals surface area contributed by atoms with Crippen molar-refractivity contribution >= 4 is 38.9 Å². The molecule has 2 N–H and O–H groups in total. The Balaban J connectivity index is 1.66. The zero-order chi connectivity index (χ0) is 21.6. The molecule has 3 aromatic carbocycles. The number of nitrogens with one attached hydrogen (secondary N) is 2. The molecule has 0 aromatic heterocycles. The van der Waals surface area contributed by atoms with Crippen molar-refractivity contribution in [1.82, 2.24) is 0 Å². The Morgan fingerprint density at radius 1 is 0.967 bits per heavy atom. The van der Waals surface area contributed by atoms with Gasteiger partial charge in [0.15, 0.2) is 6.10 Å². The van der Waals surface area contributed by atoms with Crippen molar-refractivity contribution in [2.75, 3.05) is 10.0 Å². The first-order valence-corrected chi connectivity index (χ1v) is 11.1. The highest BCUT2D eigenvalue weighted by molar-refractivity contribution is 7.92. The number of para-hydroxylation sites is 1. The number of amides is 1. The van der Waals surface area contributed by atoms with Crippen LogP contribution in [0.2, 0.25) is 5.02 Å². The van der Waals surface area contributed by atoms with Crippen molar-refractivity contribution in [3.8, 4) is 5.75 Å². The van der Waals surface area contributed by atoms with E-state index in [-0.39, 0.29) is 10.8 Å². The average Bonchev–Trinajstić information content (AvgIpc) is 2.73. The fourth-order valence-electron chi connectivity index (χ4n) is 2.69. The molecule has 0 aliphatic carbocycles. The van der Waals surface area contributed by atoms with Gasteiger partial charge in [-0.2, -0.15) is 0 Å². The molecule has 1 amide bonds. The number of hydrogen-bond donors (Lipinski definition) is 2. The topological polar surface area (TPSA) is 84.5 Å². The van der Waals surface area contributed by atoms with E-state index in [1.165, 1.54) is 30.3 Å². The predicted molar refractivity (Wildman–Crippen MR) is 118 cm³/mol. The molecule has 3 aromatic rings. The van der Waals surface area contributed by atoms with Gasteiger partial charge in [-0.3, -0.25) is 9.52 Å². The van der Waals surface area contributed by atoms with E-state index in [0.717, 1.165) is 0 Å². The summed E-state index contributed by atoms with van der Waals surface area (Å²) in [5.74, 6) is 0.294. The molecule has 0 saturated heterocycles. The molecule has 6 nitrogen and oxygen atoms in total. The SMILES string of the molecule is CC[C@H](Oc1ccccc1)C(=O)Nc1ccc(S(=O)(=O)Nc2cccc(Cl)c2)cc1. The second kappa shape index (κ2) is 9.65. The minimum atomic E-state index is -3.78. The Bertz CT molecular complexity index is 1100. The molecule has 0 aliphatic heterocycles. The Kier molecular flexibility index (Phi) is 6.97. The van der Waals surface area contributed by atoms with Crippen LogP contribution in [0.25, 0.3) is 0 Å². The van der Waals surface area contributed by atoms with Crippen molar-refractivity contribution in [3.05, 3.63) is 83.9 Å². The van der Waals surface area contributed by atoms with Crippen molar-refractivity contribution < 1.29 is 17.9 Å². The summed E-state index contributed by atoms with van der Waals surface area (Å²) in [5, 5.41) is 3.18. The van der Waals surface area contributed by atoms with Crippen LogP contribution in [0.3, 0.4) is 0 Å². The Morgan fingerprint density at radius 3 is 2.30 bits per heavy atom. The number of benzene rings is 3. The van der Waals surface area contributed by atoms with Gasteiger partial charge in [-0.25, -0.2) is 8.42 Å². The third-order valence-electron chi connectivity index (χ3n) is 4.19. The zero-order valence-electron chi connectivity index (χ0n) is 16.2. The van der Waals surface area contributed by atoms with E-state index < -0.39 is 16.1 Å². The number of ether oxygens (including phenoxy) is 1. The molecule has 30 heavy (non-hydrogen) atoms. The van der Waals surface area contributed by atoms with Gasteiger partial charge in [-0.15, -0.1) is 0 Å². The standard InChI is InChI=1S/C22H21ClN2O4S/c1-2-21(29-19-9-4-3-5-10-19)22(26)24-17-11-13-20(14-12-17)30(27,28)25-18-8-6-7-16(23)15-18/h3-15,21,25H,2H2,1H3,(H,24,26)/t21-/m0/s1.